The van der Waals surface area contributed by atoms with Crippen molar-refractivity contribution in [1.29, 1.82) is 0 Å². The van der Waals surface area contributed by atoms with Gasteiger partial charge < -0.3 is 14.6 Å². The van der Waals surface area contributed by atoms with Gasteiger partial charge in [0.05, 0.1) is 11.8 Å². The summed E-state index contributed by atoms with van der Waals surface area (Å²) in [6.45, 7) is 4.47. The first-order chi connectivity index (χ1) is 12.8. The lowest BCUT2D eigenvalue weighted by Gasteiger charge is -2.33. The van der Waals surface area contributed by atoms with Crippen molar-refractivity contribution in [3.8, 4) is 0 Å². The van der Waals surface area contributed by atoms with Gasteiger partial charge in [0.15, 0.2) is 0 Å². The van der Waals surface area contributed by atoms with Crippen molar-refractivity contribution in [2.75, 3.05) is 25.9 Å². The van der Waals surface area contributed by atoms with Gasteiger partial charge in [-0.05, 0) is 38.8 Å². The highest BCUT2D eigenvalue weighted by Crippen LogP contribution is 2.26. The number of nitrogens with one attached hydrogen (secondary N) is 1. The zero-order valence-corrected chi connectivity index (χ0v) is 16.8. The van der Waals surface area contributed by atoms with E-state index < -0.39 is 10.0 Å². The monoisotopic (exact) mass is 393 g/mol. The molecule has 7 nitrogen and oxygen atoms in total. The molecule has 0 radical (unpaired) electrons. The van der Waals surface area contributed by atoms with Crippen LogP contribution in [0, 0.1) is 0 Å². The normalized spacial score (nSPS) is 17.7. The molecule has 1 aliphatic rings. The van der Waals surface area contributed by atoms with Crippen molar-refractivity contribution in [3.63, 3.8) is 0 Å². The van der Waals surface area contributed by atoms with Gasteiger partial charge in [-0.2, -0.15) is 0 Å². The first kappa shape index (κ1) is 19.7. The minimum atomic E-state index is -3.15. The van der Waals surface area contributed by atoms with Crippen LogP contribution >= 0.6 is 0 Å². The third kappa shape index (κ3) is 4.27. The Bertz CT molecular complexity index is 868. The molecular formula is C19H27N3O4S. The summed E-state index contributed by atoms with van der Waals surface area (Å²) < 4.78 is 31.2. The zero-order valence-electron chi connectivity index (χ0n) is 16.0. The second kappa shape index (κ2) is 7.90. The smallest absolute Gasteiger partial charge is 0.317 e. The Hall–Kier alpha value is -2.06. The highest BCUT2D eigenvalue weighted by molar-refractivity contribution is 7.89. The van der Waals surface area contributed by atoms with Crippen molar-refractivity contribution in [2.24, 2.45) is 0 Å². The number of piperidine rings is 1. The molecule has 0 saturated carbocycles. The Morgan fingerprint density at radius 1 is 1.33 bits per heavy atom. The molecule has 1 aliphatic heterocycles. The molecule has 2 amide bonds. The number of amides is 2. The minimum absolute atomic E-state index is 0.0221. The van der Waals surface area contributed by atoms with E-state index >= 15 is 0 Å². The minimum Gasteiger partial charge on any atom is -0.459 e. The number of sulfonamides is 1. The molecule has 0 aliphatic carbocycles. The van der Waals surface area contributed by atoms with E-state index in [0.29, 0.717) is 25.9 Å². The SMILES string of the molecule is CCS(=O)(=O)N1CCC(NC(=O)N(C)[C@H](C)c2cc3ccccc3o2)CC1. The van der Waals surface area contributed by atoms with Crippen LogP contribution in [0.25, 0.3) is 11.0 Å². The van der Waals surface area contributed by atoms with Crippen molar-refractivity contribution < 1.29 is 17.6 Å². The van der Waals surface area contributed by atoms with Gasteiger partial charge in [-0.1, -0.05) is 18.2 Å². The van der Waals surface area contributed by atoms with Gasteiger partial charge in [-0.15, -0.1) is 0 Å². The molecule has 3 rings (SSSR count). The summed E-state index contributed by atoms with van der Waals surface area (Å²) in [5, 5.41) is 4.03. The fraction of sp³-hybridized carbons (Fsp3) is 0.526. The van der Waals surface area contributed by atoms with Gasteiger partial charge in [-0.3, -0.25) is 0 Å². The molecule has 148 valence electrons. The maximum atomic E-state index is 12.6. The number of fused-ring (bicyclic) bond motifs is 1. The van der Waals surface area contributed by atoms with Crippen LogP contribution in [0.5, 0.6) is 0 Å². The van der Waals surface area contributed by atoms with Crippen molar-refractivity contribution in [1.82, 2.24) is 14.5 Å². The third-order valence-electron chi connectivity index (χ3n) is 5.30. The first-order valence-corrected chi connectivity index (χ1v) is 10.9. The number of para-hydroxylation sites is 1. The van der Waals surface area contributed by atoms with Crippen LogP contribution in [0.3, 0.4) is 0 Å². The van der Waals surface area contributed by atoms with Crippen LogP contribution in [0.4, 0.5) is 4.79 Å². The molecule has 27 heavy (non-hydrogen) atoms. The van der Waals surface area contributed by atoms with E-state index in [-0.39, 0.29) is 23.9 Å². The predicted octanol–water partition coefficient (Wildman–Crippen LogP) is 2.95. The maximum absolute atomic E-state index is 12.6. The second-order valence-electron chi connectivity index (χ2n) is 7.00. The molecule has 0 unspecified atom stereocenters. The highest BCUT2D eigenvalue weighted by atomic mass is 32.2. The van der Waals surface area contributed by atoms with E-state index in [9.17, 15) is 13.2 Å². The Labute approximate surface area is 160 Å². The number of hydrogen-bond donors (Lipinski definition) is 1. The first-order valence-electron chi connectivity index (χ1n) is 9.31. The van der Waals surface area contributed by atoms with E-state index in [1.54, 1.807) is 18.9 Å². The Morgan fingerprint density at radius 3 is 2.63 bits per heavy atom. The molecule has 0 spiro atoms. The fourth-order valence-electron chi connectivity index (χ4n) is 3.31. The fourth-order valence-corrected chi connectivity index (χ4v) is 4.44. The Balaban J connectivity index is 1.58. The summed E-state index contributed by atoms with van der Waals surface area (Å²) in [4.78, 5) is 14.2. The molecule has 1 fully saturated rings. The third-order valence-corrected chi connectivity index (χ3v) is 7.18. The van der Waals surface area contributed by atoms with E-state index in [2.05, 4.69) is 5.32 Å². The standard InChI is InChI=1S/C19H27N3O4S/c1-4-27(24,25)22-11-9-16(10-12-22)20-19(23)21(3)14(2)18-13-15-7-5-6-8-17(15)26-18/h5-8,13-14,16H,4,9-12H2,1-3H3,(H,20,23)/t14-/m1/s1. The Morgan fingerprint density at radius 2 is 2.00 bits per heavy atom. The molecule has 1 N–H and O–H groups in total. The number of furan rings is 1. The summed E-state index contributed by atoms with van der Waals surface area (Å²) >= 11 is 0. The number of hydrogen-bond acceptors (Lipinski definition) is 4. The summed E-state index contributed by atoms with van der Waals surface area (Å²) in [5.74, 6) is 0.847. The van der Waals surface area contributed by atoms with Gasteiger partial charge in [0, 0.05) is 31.6 Å². The van der Waals surface area contributed by atoms with Gasteiger partial charge >= 0.3 is 6.03 Å². The lowest BCUT2D eigenvalue weighted by molar-refractivity contribution is 0.178. The van der Waals surface area contributed by atoms with Crippen LogP contribution in [0.15, 0.2) is 34.7 Å². The quantitative estimate of drug-likeness (QED) is 0.847. The number of carbonyl (C=O) groups excluding carboxylic acids is 1. The van der Waals surface area contributed by atoms with E-state index in [1.807, 2.05) is 37.3 Å². The molecule has 2 heterocycles. The number of benzene rings is 1. The number of carbonyl (C=O) groups is 1. The van der Waals surface area contributed by atoms with Gasteiger partial charge in [0.1, 0.15) is 11.3 Å². The average Bonchev–Trinajstić information content (AvgIpc) is 3.11. The van der Waals surface area contributed by atoms with Crippen molar-refractivity contribution in [3.05, 3.63) is 36.1 Å². The van der Waals surface area contributed by atoms with Crippen molar-refractivity contribution in [2.45, 2.75) is 38.8 Å². The number of rotatable bonds is 5. The lowest BCUT2D eigenvalue weighted by atomic mass is 10.1. The largest absolute Gasteiger partial charge is 0.459 e. The van der Waals surface area contributed by atoms with Crippen LogP contribution in [0.2, 0.25) is 0 Å². The number of urea groups is 1. The molecule has 1 saturated heterocycles. The van der Waals surface area contributed by atoms with Gasteiger partial charge in [0.25, 0.3) is 0 Å². The highest BCUT2D eigenvalue weighted by Gasteiger charge is 2.29. The molecule has 8 heteroatoms. The Kier molecular flexibility index (Phi) is 5.76. The van der Waals surface area contributed by atoms with Gasteiger partial charge in [-0.25, -0.2) is 17.5 Å². The van der Waals surface area contributed by atoms with Crippen LogP contribution in [-0.2, 0) is 10.0 Å². The van der Waals surface area contributed by atoms with E-state index in [1.165, 1.54) is 4.31 Å². The number of nitrogens with zero attached hydrogens (tertiary/aromatic N) is 2. The maximum Gasteiger partial charge on any atom is 0.317 e. The van der Waals surface area contributed by atoms with Gasteiger partial charge in [0.2, 0.25) is 10.0 Å². The zero-order chi connectivity index (χ0) is 19.6. The molecule has 1 aromatic heterocycles. The van der Waals surface area contributed by atoms with Crippen molar-refractivity contribution >= 4 is 27.0 Å². The lowest BCUT2D eigenvalue weighted by Crippen LogP contribution is -2.50. The van der Waals surface area contributed by atoms with E-state index in [0.717, 1.165) is 16.7 Å². The molecule has 0 bridgehead atoms. The van der Waals surface area contributed by atoms with Crippen LogP contribution in [-0.4, -0.2) is 55.6 Å². The molecule has 2 aromatic rings. The second-order valence-corrected chi connectivity index (χ2v) is 9.25. The summed E-state index contributed by atoms with van der Waals surface area (Å²) in [5.41, 5.74) is 0.803. The average molecular weight is 394 g/mol. The molecule has 1 aromatic carbocycles. The van der Waals surface area contributed by atoms with Crippen LogP contribution < -0.4 is 5.32 Å². The molecular weight excluding hydrogens is 366 g/mol. The summed E-state index contributed by atoms with van der Waals surface area (Å²) in [6, 6.07) is 9.30. The van der Waals surface area contributed by atoms with E-state index in [4.69, 9.17) is 4.42 Å². The summed E-state index contributed by atoms with van der Waals surface area (Å²) in [6.07, 6.45) is 1.25. The predicted molar refractivity (Wildman–Crippen MR) is 105 cm³/mol. The van der Waals surface area contributed by atoms with Crippen LogP contribution in [0.1, 0.15) is 38.5 Å². The molecule has 1 atom stereocenters. The topological polar surface area (TPSA) is 82.9 Å². The summed E-state index contributed by atoms with van der Waals surface area (Å²) in [7, 11) is -1.41.